The summed E-state index contributed by atoms with van der Waals surface area (Å²) < 4.78 is 18.6. The first-order chi connectivity index (χ1) is 9.58. The van der Waals surface area contributed by atoms with Crippen molar-refractivity contribution in [2.75, 3.05) is 27.2 Å². The summed E-state index contributed by atoms with van der Waals surface area (Å²) in [5.41, 5.74) is 7.20. The van der Waals surface area contributed by atoms with Crippen LogP contribution in [-0.4, -0.2) is 32.1 Å². The van der Waals surface area contributed by atoms with E-state index in [0.29, 0.717) is 5.75 Å². The molecule has 2 rings (SSSR count). The number of rotatable bonds is 6. The molecule has 1 fully saturated rings. The highest BCUT2D eigenvalue weighted by Crippen LogP contribution is 2.37. The quantitative estimate of drug-likeness (QED) is 0.871. The SMILES string of the molecule is COc1ccc(CN(C)CC2(CN)CCCC2)cc1F. The average molecular weight is 280 g/mol. The lowest BCUT2D eigenvalue weighted by Gasteiger charge is -2.32. The van der Waals surface area contributed by atoms with Crippen molar-refractivity contribution in [3.8, 4) is 5.75 Å². The first kappa shape index (κ1) is 15.3. The number of hydrogen-bond donors (Lipinski definition) is 1. The van der Waals surface area contributed by atoms with Crippen LogP contribution in [0.3, 0.4) is 0 Å². The monoisotopic (exact) mass is 280 g/mol. The Morgan fingerprint density at radius 2 is 2.05 bits per heavy atom. The first-order valence-electron chi connectivity index (χ1n) is 7.30. The second-order valence-corrected chi connectivity index (χ2v) is 6.05. The van der Waals surface area contributed by atoms with Crippen LogP contribution in [0.25, 0.3) is 0 Å². The lowest BCUT2D eigenvalue weighted by molar-refractivity contribution is 0.179. The van der Waals surface area contributed by atoms with Crippen LogP contribution in [0.2, 0.25) is 0 Å². The van der Waals surface area contributed by atoms with Gasteiger partial charge in [0.1, 0.15) is 0 Å². The van der Waals surface area contributed by atoms with Crippen LogP contribution in [0.15, 0.2) is 18.2 Å². The summed E-state index contributed by atoms with van der Waals surface area (Å²) in [7, 11) is 3.56. The molecular weight excluding hydrogens is 255 g/mol. The summed E-state index contributed by atoms with van der Waals surface area (Å²) in [6.07, 6.45) is 4.99. The molecule has 0 aromatic heterocycles. The molecule has 0 heterocycles. The van der Waals surface area contributed by atoms with Crippen molar-refractivity contribution in [1.82, 2.24) is 4.90 Å². The smallest absolute Gasteiger partial charge is 0.165 e. The van der Waals surface area contributed by atoms with Gasteiger partial charge in [-0.1, -0.05) is 18.9 Å². The molecule has 2 N–H and O–H groups in total. The fourth-order valence-corrected chi connectivity index (χ4v) is 3.30. The molecule has 1 aliphatic carbocycles. The Hall–Kier alpha value is -1.13. The second kappa shape index (κ2) is 6.55. The summed E-state index contributed by atoms with van der Waals surface area (Å²) in [6, 6.07) is 5.16. The predicted molar refractivity (Wildman–Crippen MR) is 79.2 cm³/mol. The lowest BCUT2D eigenvalue weighted by atomic mass is 9.86. The Bertz CT molecular complexity index is 444. The topological polar surface area (TPSA) is 38.5 Å². The third kappa shape index (κ3) is 3.49. The number of ether oxygens (including phenoxy) is 1. The Morgan fingerprint density at radius 3 is 2.60 bits per heavy atom. The van der Waals surface area contributed by atoms with Gasteiger partial charge in [0.15, 0.2) is 11.6 Å². The van der Waals surface area contributed by atoms with Crippen molar-refractivity contribution in [3.63, 3.8) is 0 Å². The number of halogens is 1. The molecule has 0 saturated heterocycles. The van der Waals surface area contributed by atoms with Gasteiger partial charge in [0.2, 0.25) is 0 Å². The second-order valence-electron chi connectivity index (χ2n) is 6.05. The Kier molecular flexibility index (Phi) is 5.00. The summed E-state index contributed by atoms with van der Waals surface area (Å²) in [5, 5.41) is 0. The number of benzene rings is 1. The van der Waals surface area contributed by atoms with Crippen LogP contribution >= 0.6 is 0 Å². The maximum absolute atomic E-state index is 13.7. The highest BCUT2D eigenvalue weighted by molar-refractivity contribution is 5.29. The van der Waals surface area contributed by atoms with E-state index in [4.69, 9.17) is 10.5 Å². The number of hydrogen-bond acceptors (Lipinski definition) is 3. The van der Waals surface area contributed by atoms with E-state index < -0.39 is 0 Å². The number of nitrogens with two attached hydrogens (primary N) is 1. The molecular formula is C16H25FN2O. The molecule has 1 saturated carbocycles. The molecule has 0 amide bonds. The molecule has 1 aromatic carbocycles. The first-order valence-corrected chi connectivity index (χ1v) is 7.30. The van der Waals surface area contributed by atoms with Gasteiger partial charge in [-0.15, -0.1) is 0 Å². The van der Waals surface area contributed by atoms with E-state index in [0.717, 1.165) is 25.2 Å². The summed E-state index contributed by atoms with van der Waals surface area (Å²) in [6.45, 7) is 2.47. The number of nitrogens with zero attached hydrogens (tertiary/aromatic N) is 1. The summed E-state index contributed by atoms with van der Waals surface area (Å²) in [4.78, 5) is 2.25. The van der Waals surface area contributed by atoms with Gasteiger partial charge in [-0.2, -0.15) is 0 Å². The van der Waals surface area contributed by atoms with E-state index in [1.165, 1.54) is 32.8 Å². The molecule has 1 aromatic rings. The highest BCUT2D eigenvalue weighted by atomic mass is 19.1. The van der Waals surface area contributed by atoms with E-state index in [-0.39, 0.29) is 11.2 Å². The van der Waals surface area contributed by atoms with Crippen LogP contribution in [0.5, 0.6) is 5.75 Å². The van der Waals surface area contributed by atoms with Gasteiger partial charge in [-0.3, -0.25) is 0 Å². The molecule has 20 heavy (non-hydrogen) atoms. The molecule has 0 spiro atoms. The lowest BCUT2D eigenvalue weighted by Crippen LogP contribution is -2.39. The van der Waals surface area contributed by atoms with Gasteiger partial charge >= 0.3 is 0 Å². The maximum Gasteiger partial charge on any atom is 0.165 e. The van der Waals surface area contributed by atoms with Gasteiger partial charge in [-0.05, 0) is 49.5 Å². The maximum atomic E-state index is 13.7. The highest BCUT2D eigenvalue weighted by Gasteiger charge is 2.33. The summed E-state index contributed by atoms with van der Waals surface area (Å²) >= 11 is 0. The minimum absolute atomic E-state index is 0.264. The Balaban J connectivity index is 1.97. The molecule has 0 aliphatic heterocycles. The van der Waals surface area contributed by atoms with Crippen LogP contribution in [0, 0.1) is 11.2 Å². The molecule has 1 aliphatic rings. The fraction of sp³-hybridized carbons (Fsp3) is 0.625. The minimum Gasteiger partial charge on any atom is -0.494 e. The Morgan fingerprint density at radius 1 is 1.35 bits per heavy atom. The van der Waals surface area contributed by atoms with E-state index in [1.54, 1.807) is 12.1 Å². The zero-order chi connectivity index (χ0) is 14.6. The third-order valence-corrected chi connectivity index (χ3v) is 4.37. The summed E-state index contributed by atoms with van der Waals surface area (Å²) in [5.74, 6) is -0.00145. The van der Waals surface area contributed by atoms with Crippen molar-refractivity contribution >= 4 is 0 Å². The van der Waals surface area contributed by atoms with Crippen molar-refractivity contribution in [2.45, 2.75) is 32.2 Å². The van der Waals surface area contributed by atoms with Crippen LogP contribution in [0.1, 0.15) is 31.2 Å². The Labute approximate surface area is 120 Å². The molecule has 0 bridgehead atoms. The molecule has 0 unspecified atom stereocenters. The van der Waals surface area contributed by atoms with Crippen molar-refractivity contribution < 1.29 is 9.13 Å². The van der Waals surface area contributed by atoms with Gasteiger partial charge in [-0.25, -0.2) is 4.39 Å². The van der Waals surface area contributed by atoms with Gasteiger partial charge in [0.25, 0.3) is 0 Å². The van der Waals surface area contributed by atoms with E-state index in [2.05, 4.69) is 11.9 Å². The predicted octanol–water partition coefficient (Wildman–Crippen LogP) is 2.79. The molecule has 3 nitrogen and oxygen atoms in total. The molecule has 112 valence electrons. The molecule has 4 heteroatoms. The minimum atomic E-state index is -0.298. The molecule has 0 atom stereocenters. The van der Waals surface area contributed by atoms with Crippen molar-refractivity contribution in [2.24, 2.45) is 11.1 Å². The standard InChI is InChI=1S/C16H25FN2O/c1-19(12-16(11-18)7-3-4-8-16)10-13-5-6-15(20-2)14(17)9-13/h5-6,9H,3-4,7-8,10-12,18H2,1-2H3. The zero-order valence-corrected chi connectivity index (χ0v) is 12.5. The fourth-order valence-electron chi connectivity index (χ4n) is 3.30. The molecule has 0 radical (unpaired) electrons. The average Bonchev–Trinajstić information content (AvgIpc) is 2.88. The zero-order valence-electron chi connectivity index (χ0n) is 12.5. The normalized spacial score (nSPS) is 17.6. The van der Waals surface area contributed by atoms with E-state index in [9.17, 15) is 4.39 Å². The van der Waals surface area contributed by atoms with Crippen molar-refractivity contribution in [1.29, 1.82) is 0 Å². The third-order valence-electron chi connectivity index (χ3n) is 4.37. The van der Waals surface area contributed by atoms with E-state index >= 15 is 0 Å². The largest absolute Gasteiger partial charge is 0.494 e. The van der Waals surface area contributed by atoms with Gasteiger partial charge < -0.3 is 15.4 Å². The van der Waals surface area contributed by atoms with Crippen LogP contribution in [-0.2, 0) is 6.54 Å². The number of methoxy groups -OCH3 is 1. The van der Waals surface area contributed by atoms with Crippen molar-refractivity contribution in [3.05, 3.63) is 29.6 Å². The van der Waals surface area contributed by atoms with Crippen LogP contribution < -0.4 is 10.5 Å². The van der Waals surface area contributed by atoms with Gasteiger partial charge in [0.05, 0.1) is 7.11 Å². The van der Waals surface area contributed by atoms with Gasteiger partial charge in [0, 0.05) is 13.1 Å². The van der Waals surface area contributed by atoms with E-state index in [1.807, 2.05) is 6.07 Å². The van der Waals surface area contributed by atoms with Crippen LogP contribution in [0.4, 0.5) is 4.39 Å².